The monoisotopic (exact) mass is 464 g/mol. The summed E-state index contributed by atoms with van der Waals surface area (Å²) >= 11 is 11.3. The first-order valence-electron chi connectivity index (χ1n) is 10.0. The van der Waals surface area contributed by atoms with Crippen LogP contribution in [0.15, 0.2) is 24.3 Å². The van der Waals surface area contributed by atoms with Crippen LogP contribution in [-0.4, -0.2) is 56.8 Å². The summed E-state index contributed by atoms with van der Waals surface area (Å²) in [4.78, 5) is 23.8. The van der Waals surface area contributed by atoms with Crippen LogP contribution in [0, 0.1) is 0 Å². The highest BCUT2D eigenvalue weighted by Gasteiger charge is 2.22. The van der Waals surface area contributed by atoms with Crippen molar-refractivity contribution in [3.05, 3.63) is 29.3 Å². The SMILES string of the molecule is O=C(O)CCNC(=S)NCCCNc1nc(Nc2ccccc2Cl)nc(NC2CC2)n1. The molecule has 0 bridgehead atoms. The molecule has 0 spiro atoms. The van der Waals surface area contributed by atoms with Gasteiger partial charge in [-0.25, -0.2) is 0 Å². The fourth-order valence-corrected chi connectivity index (χ4v) is 2.89. The van der Waals surface area contributed by atoms with Crippen LogP contribution in [0.4, 0.5) is 23.5 Å². The number of halogens is 1. The van der Waals surface area contributed by atoms with Crippen molar-refractivity contribution in [2.45, 2.75) is 31.7 Å². The van der Waals surface area contributed by atoms with E-state index in [0.29, 0.717) is 59.3 Å². The van der Waals surface area contributed by atoms with Crippen LogP contribution in [0.5, 0.6) is 0 Å². The van der Waals surface area contributed by atoms with Crippen molar-refractivity contribution in [2.24, 2.45) is 0 Å². The molecule has 10 nitrogen and oxygen atoms in total. The van der Waals surface area contributed by atoms with Crippen LogP contribution < -0.4 is 26.6 Å². The Morgan fingerprint density at radius 2 is 1.77 bits per heavy atom. The van der Waals surface area contributed by atoms with Crippen LogP contribution in [0.2, 0.25) is 5.02 Å². The van der Waals surface area contributed by atoms with Gasteiger partial charge in [0.05, 0.1) is 17.1 Å². The molecule has 0 atom stereocenters. The second-order valence-electron chi connectivity index (χ2n) is 6.94. The summed E-state index contributed by atoms with van der Waals surface area (Å²) in [7, 11) is 0. The summed E-state index contributed by atoms with van der Waals surface area (Å²) in [5, 5.41) is 25.1. The van der Waals surface area contributed by atoms with Gasteiger partial charge in [-0.15, -0.1) is 0 Å². The van der Waals surface area contributed by atoms with Crippen molar-refractivity contribution in [3.8, 4) is 0 Å². The van der Waals surface area contributed by atoms with E-state index in [-0.39, 0.29) is 6.42 Å². The van der Waals surface area contributed by atoms with E-state index in [9.17, 15) is 4.79 Å². The maximum absolute atomic E-state index is 10.5. The van der Waals surface area contributed by atoms with Crippen molar-refractivity contribution >= 4 is 58.4 Å². The van der Waals surface area contributed by atoms with Crippen molar-refractivity contribution in [2.75, 3.05) is 35.6 Å². The molecule has 166 valence electrons. The number of carboxylic acids is 1. The van der Waals surface area contributed by atoms with E-state index in [2.05, 4.69) is 41.5 Å². The lowest BCUT2D eigenvalue weighted by Gasteiger charge is -2.12. The summed E-state index contributed by atoms with van der Waals surface area (Å²) in [6.45, 7) is 1.53. The Morgan fingerprint density at radius 3 is 2.52 bits per heavy atom. The quantitative estimate of drug-likeness (QED) is 0.204. The number of hydrogen-bond acceptors (Lipinski definition) is 8. The minimum Gasteiger partial charge on any atom is -0.481 e. The van der Waals surface area contributed by atoms with E-state index in [1.807, 2.05) is 18.2 Å². The lowest BCUT2D eigenvalue weighted by atomic mass is 10.3. The van der Waals surface area contributed by atoms with Crippen LogP contribution in [0.3, 0.4) is 0 Å². The third-order valence-corrected chi connectivity index (χ3v) is 4.83. The second kappa shape index (κ2) is 11.5. The van der Waals surface area contributed by atoms with Gasteiger partial charge in [0.15, 0.2) is 5.11 Å². The van der Waals surface area contributed by atoms with Gasteiger partial charge >= 0.3 is 5.97 Å². The van der Waals surface area contributed by atoms with Gasteiger partial charge in [-0.2, -0.15) is 15.0 Å². The van der Waals surface area contributed by atoms with Gasteiger partial charge in [-0.3, -0.25) is 4.79 Å². The summed E-state index contributed by atoms with van der Waals surface area (Å²) in [6, 6.07) is 7.79. The molecule has 1 aliphatic carbocycles. The van der Waals surface area contributed by atoms with Gasteiger partial charge in [0.2, 0.25) is 17.8 Å². The standard InChI is InChI=1S/C19H25ClN8O2S/c20-13-4-1-2-5-14(13)25-18-27-16(26-17(28-18)24-12-6-7-12)21-9-3-10-22-19(31)23-11-8-15(29)30/h1-2,4-5,12H,3,6-11H2,(H,29,30)(H2,22,23,31)(H3,21,24,25,26,27,28). The second-order valence-corrected chi connectivity index (χ2v) is 7.75. The van der Waals surface area contributed by atoms with Crippen molar-refractivity contribution < 1.29 is 9.90 Å². The summed E-state index contributed by atoms with van der Waals surface area (Å²) < 4.78 is 0. The number of para-hydroxylation sites is 1. The first kappa shape index (κ1) is 22.8. The van der Waals surface area contributed by atoms with Crippen LogP contribution in [0.25, 0.3) is 0 Å². The molecular weight excluding hydrogens is 440 g/mol. The molecule has 12 heteroatoms. The molecule has 31 heavy (non-hydrogen) atoms. The minimum atomic E-state index is -0.865. The molecule has 1 saturated carbocycles. The molecule has 0 radical (unpaired) electrons. The largest absolute Gasteiger partial charge is 0.481 e. The van der Waals surface area contributed by atoms with E-state index in [4.69, 9.17) is 28.9 Å². The lowest BCUT2D eigenvalue weighted by Crippen LogP contribution is -2.37. The molecule has 0 aliphatic heterocycles. The van der Waals surface area contributed by atoms with Gasteiger partial charge < -0.3 is 31.7 Å². The number of aliphatic carboxylic acids is 1. The molecule has 1 heterocycles. The van der Waals surface area contributed by atoms with Gasteiger partial charge in [-0.1, -0.05) is 23.7 Å². The van der Waals surface area contributed by atoms with Gasteiger partial charge in [0.1, 0.15) is 0 Å². The Kier molecular flexibility index (Phi) is 8.42. The van der Waals surface area contributed by atoms with E-state index in [1.165, 1.54) is 0 Å². The highest BCUT2D eigenvalue weighted by molar-refractivity contribution is 7.80. The molecule has 6 N–H and O–H groups in total. The smallest absolute Gasteiger partial charge is 0.305 e. The fraction of sp³-hybridized carbons (Fsp3) is 0.421. The number of thiocarbonyl (C=S) groups is 1. The molecular formula is C19H25ClN8O2S. The molecule has 0 unspecified atom stereocenters. The van der Waals surface area contributed by atoms with E-state index in [1.54, 1.807) is 6.07 Å². The maximum Gasteiger partial charge on any atom is 0.305 e. The van der Waals surface area contributed by atoms with Crippen LogP contribution >= 0.6 is 23.8 Å². The summed E-state index contributed by atoms with van der Waals surface area (Å²) in [5.74, 6) is 0.498. The first-order valence-corrected chi connectivity index (χ1v) is 10.8. The van der Waals surface area contributed by atoms with Crippen molar-refractivity contribution in [1.29, 1.82) is 0 Å². The zero-order chi connectivity index (χ0) is 22.1. The van der Waals surface area contributed by atoms with Crippen molar-refractivity contribution in [1.82, 2.24) is 25.6 Å². The maximum atomic E-state index is 10.5. The number of nitrogens with zero attached hydrogens (tertiary/aromatic N) is 3. The third-order valence-electron chi connectivity index (χ3n) is 4.21. The average molecular weight is 465 g/mol. The number of rotatable bonds is 12. The third kappa shape index (κ3) is 8.38. The number of benzene rings is 1. The zero-order valence-electron chi connectivity index (χ0n) is 16.8. The van der Waals surface area contributed by atoms with Gasteiger partial charge in [-0.05, 0) is 43.6 Å². The Bertz CT molecular complexity index is 912. The Hall–Kier alpha value is -2.92. The summed E-state index contributed by atoms with van der Waals surface area (Å²) in [6.07, 6.45) is 2.98. The highest BCUT2D eigenvalue weighted by atomic mass is 35.5. The Balaban J connectivity index is 1.49. The molecule has 1 fully saturated rings. The number of carbonyl (C=O) groups is 1. The van der Waals surface area contributed by atoms with Crippen LogP contribution in [-0.2, 0) is 4.79 Å². The molecule has 2 aromatic rings. The van der Waals surface area contributed by atoms with Crippen molar-refractivity contribution in [3.63, 3.8) is 0 Å². The van der Waals surface area contributed by atoms with Gasteiger partial charge in [0, 0.05) is 25.7 Å². The number of aromatic nitrogens is 3. The highest BCUT2D eigenvalue weighted by Crippen LogP contribution is 2.26. The average Bonchev–Trinajstić information content (AvgIpc) is 3.53. The van der Waals surface area contributed by atoms with Crippen LogP contribution in [0.1, 0.15) is 25.7 Å². The minimum absolute atomic E-state index is 0.0184. The predicted octanol–water partition coefficient (Wildman–Crippen LogP) is 2.58. The lowest BCUT2D eigenvalue weighted by molar-refractivity contribution is -0.136. The summed E-state index contributed by atoms with van der Waals surface area (Å²) in [5.41, 5.74) is 0.715. The molecule has 1 aliphatic rings. The molecule has 3 rings (SSSR count). The Labute approximate surface area is 190 Å². The molecule has 1 aromatic heterocycles. The van der Waals surface area contributed by atoms with E-state index < -0.39 is 5.97 Å². The molecule has 0 amide bonds. The number of carboxylic acid groups (broad SMARTS) is 1. The number of hydrogen-bond donors (Lipinski definition) is 6. The number of nitrogens with one attached hydrogen (secondary N) is 5. The Morgan fingerprint density at radius 1 is 1.06 bits per heavy atom. The zero-order valence-corrected chi connectivity index (χ0v) is 18.4. The molecule has 0 saturated heterocycles. The first-order chi connectivity index (χ1) is 15.0. The van der Waals surface area contributed by atoms with Gasteiger partial charge in [0.25, 0.3) is 0 Å². The normalized spacial score (nSPS) is 12.7. The van der Waals surface area contributed by atoms with E-state index >= 15 is 0 Å². The number of anilines is 4. The topological polar surface area (TPSA) is 136 Å². The fourth-order valence-electron chi connectivity index (χ4n) is 2.50. The predicted molar refractivity (Wildman–Crippen MR) is 125 cm³/mol. The van der Waals surface area contributed by atoms with E-state index in [0.717, 1.165) is 19.3 Å². The molecule has 1 aromatic carbocycles.